The van der Waals surface area contributed by atoms with Crippen molar-refractivity contribution in [3.63, 3.8) is 0 Å². The summed E-state index contributed by atoms with van der Waals surface area (Å²) in [4.78, 5) is 28.0. The monoisotopic (exact) mass is 298 g/mol. The fraction of sp³-hybridized carbons (Fsp3) is 0.867. The van der Waals surface area contributed by atoms with Crippen molar-refractivity contribution in [3.05, 3.63) is 0 Å². The quantitative estimate of drug-likeness (QED) is 0.725. The van der Waals surface area contributed by atoms with Crippen molar-refractivity contribution in [1.82, 2.24) is 9.80 Å². The molecule has 20 heavy (non-hydrogen) atoms. The Morgan fingerprint density at radius 1 is 1.45 bits per heavy atom. The Balaban J connectivity index is 1.88. The standard InChI is InChI=1S/C15H26N2O2S/c1-4-11(2)12(3)17(13-5-6-13)14(18)7-8-16-9-10-20-15(16)19/h11-13H,4-10H2,1-3H3. The molecule has 0 N–H and O–H groups in total. The van der Waals surface area contributed by atoms with Gasteiger partial charge in [-0.25, -0.2) is 0 Å². The molecule has 0 spiro atoms. The molecule has 0 aromatic heterocycles. The van der Waals surface area contributed by atoms with Gasteiger partial charge in [0.05, 0.1) is 0 Å². The van der Waals surface area contributed by atoms with E-state index < -0.39 is 0 Å². The SMILES string of the molecule is CCC(C)C(C)N(C(=O)CCN1CCSC1=O)C1CC1. The lowest BCUT2D eigenvalue weighted by molar-refractivity contribution is -0.135. The van der Waals surface area contributed by atoms with Crippen LogP contribution in [0.1, 0.15) is 46.5 Å². The van der Waals surface area contributed by atoms with E-state index in [0.717, 1.165) is 31.6 Å². The molecule has 2 amide bonds. The van der Waals surface area contributed by atoms with Gasteiger partial charge in [0, 0.05) is 37.3 Å². The summed E-state index contributed by atoms with van der Waals surface area (Å²) < 4.78 is 0. The lowest BCUT2D eigenvalue weighted by Crippen LogP contribution is -2.44. The van der Waals surface area contributed by atoms with Gasteiger partial charge in [-0.3, -0.25) is 9.59 Å². The van der Waals surface area contributed by atoms with Gasteiger partial charge >= 0.3 is 0 Å². The first-order valence-corrected chi connectivity index (χ1v) is 8.76. The van der Waals surface area contributed by atoms with E-state index in [2.05, 4.69) is 25.7 Å². The summed E-state index contributed by atoms with van der Waals surface area (Å²) in [5.74, 6) is 1.62. The zero-order valence-corrected chi connectivity index (χ0v) is 13.6. The predicted molar refractivity (Wildman–Crippen MR) is 82.8 cm³/mol. The molecule has 2 unspecified atom stereocenters. The Morgan fingerprint density at radius 2 is 2.15 bits per heavy atom. The number of hydrogen-bond donors (Lipinski definition) is 0. The van der Waals surface area contributed by atoms with E-state index in [0.29, 0.717) is 31.0 Å². The van der Waals surface area contributed by atoms with E-state index in [1.54, 1.807) is 0 Å². The zero-order valence-electron chi connectivity index (χ0n) is 12.8. The van der Waals surface area contributed by atoms with E-state index in [1.165, 1.54) is 11.8 Å². The van der Waals surface area contributed by atoms with E-state index in [-0.39, 0.29) is 11.1 Å². The number of rotatable bonds is 7. The number of carbonyl (C=O) groups is 2. The minimum atomic E-state index is 0.130. The molecule has 1 saturated carbocycles. The third kappa shape index (κ3) is 3.68. The molecule has 0 bridgehead atoms. The van der Waals surface area contributed by atoms with Gasteiger partial charge in [-0.15, -0.1) is 0 Å². The summed E-state index contributed by atoms with van der Waals surface area (Å²) in [6.07, 6.45) is 3.86. The number of carbonyl (C=O) groups excluding carboxylic acids is 2. The Bertz CT molecular complexity index is 371. The van der Waals surface area contributed by atoms with Gasteiger partial charge < -0.3 is 9.80 Å². The Labute approximate surface area is 126 Å². The summed E-state index contributed by atoms with van der Waals surface area (Å²) in [5.41, 5.74) is 0. The summed E-state index contributed by atoms with van der Waals surface area (Å²) in [6.45, 7) is 7.94. The van der Waals surface area contributed by atoms with Crippen LogP contribution in [-0.2, 0) is 4.79 Å². The van der Waals surface area contributed by atoms with Gasteiger partial charge in [-0.2, -0.15) is 0 Å². The highest BCUT2D eigenvalue weighted by Gasteiger charge is 2.37. The average Bonchev–Trinajstić information content (AvgIpc) is 3.18. The molecule has 0 aromatic rings. The molecule has 2 rings (SSSR count). The normalized spacial score (nSPS) is 21.9. The first-order valence-electron chi connectivity index (χ1n) is 7.77. The molecule has 1 saturated heterocycles. The highest BCUT2D eigenvalue weighted by molar-refractivity contribution is 8.13. The smallest absolute Gasteiger partial charge is 0.281 e. The number of thioether (sulfide) groups is 1. The largest absolute Gasteiger partial charge is 0.337 e. The van der Waals surface area contributed by atoms with Crippen LogP contribution in [0.3, 0.4) is 0 Å². The first-order chi connectivity index (χ1) is 9.54. The van der Waals surface area contributed by atoms with Crippen molar-refractivity contribution >= 4 is 22.9 Å². The second-order valence-corrected chi connectivity index (χ2v) is 7.06. The predicted octanol–water partition coefficient (Wildman–Crippen LogP) is 2.97. The zero-order chi connectivity index (χ0) is 14.7. The molecule has 1 aliphatic carbocycles. The van der Waals surface area contributed by atoms with Crippen molar-refractivity contribution < 1.29 is 9.59 Å². The Kier molecular flexibility index (Phi) is 5.35. The summed E-state index contributed by atoms with van der Waals surface area (Å²) in [7, 11) is 0. The maximum atomic E-state index is 12.5. The van der Waals surface area contributed by atoms with Crippen molar-refractivity contribution in [2.45, 2.75) is 58.5 Å². The third-order valence-electron chi connectivity index (χ3n) is 4.58. The van der Waals surface area contributed by atoms with Crippen LogP contribution in [0.25, 0.3) is 0 Å². The minimum Gasteiger partial charge on any atom is -0.337 e. The minimum absolute atomic E-state index is 0.130. The molecule has 2 atom stereocenters. The average molecular weight is 298 g/mol. The topological polar surface area (TPSA) is 40.6 Å². The van der Waals surface area contributed by atoms with Crippen molar-refractivity contribution in [1.29, 1.82) is 0 Å². The second-order valence-electron chi connectivity index (χ2n) is 6.01. The van der Waals surface area contributed by atoms with Crippen LogP contribution in [-0.4, -0.2) is 51.9 Å². The fourth-order valence-electron chi connectivity index (χ4n) is 2.72. The van der Waals surface area contributed by atoms with Crippen LogP contribution in [0.4, 0.5) is 4.79 Å². The molecule has 5 heteroatoms. The first kappa shape index (κ1) is 15.7. The van der Waals surface area contributed by atoms with Gasteiger partial charge in [0.1, 0.15) is 0 Å². The Morgan fingerprint density at radius 3 is 2.65 bits per heavy atom. The van der Waals surface area contributed by atoms with E-state index in [9.17, 15) is 9.59 Å². The molecular formula is C15H26N2O2S. The maximum Gasteiger partial charge on any atom is 0.281 e. The molecule has 2 fully saturated rings. The molecule has 1 aliphatic heterocycles. The maximum absolute atomic E-state index is 12.5. The van der Waals surface area contributed by atoms with Gasteiger partial charge in [0.25, 0.3) is 5.24 Å². The van der Waals surface area contributed by atoms with Crippen LogP contribution in [0.2, 0.25) is 0 Å². The Hall–Kier alpha value is -0.710. The molecular weight excluding hydrogens is 272 g/mol. The second kappa shape index (κ2) is 6.83. The molecule has 2 aliphatic rings. The van der Waals surface area contributed by atoms with E-state index in [4.69, 9.17) is 0 Å². The van der Waals surface area contributed by atoms with Crippen LogP contribution < -0.4 is 0 Å². The summed E-state index contributed by atoms with van der Waals surface area (Å²) in [6, 6.07) is 0.763. The van der Waals surface area contributed by atoms with Gasteiger partial charge in [0.2, 0.25) is 5.91 Å². The molecule has 1 heterocycles. The van der Waals surface area contributed by atoms with Crippen LogP contribution in [0.15, 0.2) is 0 Å². The molecule has 114 valence electrons. The van der Waals surface area contributed by atoms with Crippen molar-refractivity contribution in [3.8, 4) is 0 Å². The fourth-order valence-corrected chi connectivity index (χ4v) is 3.57. The lowest BCUT2D eigenvalue weighted by atomic mass is 9.98. The number of amides is 2. The van der Waals surface area contributed by atoms with Crippen molar-refractivity contribution in [2.75, 3.05) is 18.8 Å². The van der Waals surface area contributed by atoms with Crippen LogP contribution in [0, 0.1) is 5.92 Å². The third-order valence-corrected chi connectivity index (χ3v) is 5.47. The highest BCUT2D eigenvalue weighted by Crippen LogP contribution is 2.32. The molecule has 0 radical (unpaired) electrons. The van der Waals surface area contributed by atoms with Crippen LogP contribution in [0.5, 0.6) is 0 Å². The summed E-state index contributed by atoms with van der Waals surface area (Å²) >= 11 is 1.36. The van der Waals surface area contributed by atoms with E-state index >= 15 is 0 Å². The number of nitrogens with zero attached hydrogens (tertiary/aromatic N) is 2. The van der Waals surface area contributed by atoms with Gasteiger partial charge in [-0.05, 0) is 25.7 Å². The van der Waals surface area contributed by atoms with Gasteiger partial charge in [-0.1, -0.05) is 32.0 Å². The number of hydrogen-bond acceptors (Lipinski definition) is 3. The summed E-state index contributed by atoms with van der Waals surface area (Å²) in [5, 5.41) is 0.130. The highest BCUT2D eigenvalue weighted by atomic mass is 32.2. The van der Waals surface area contributed by atoms with E-state index in [1.807, 2.05) is 4.90 Å². The van der Waals surface area contributed by atoms with Crippen molar-refractivity contribution in [2.24, 2.45) is 5.92 Å². The lowest BCUT2D eigenvalue weighted by Gasteiger charge is -2.33. The molecule has 0 aromatic carbocycles. The van der Waals surface area contributed by atoms with Gasteiger partial charge in [0.15, 0.2) is 0 Å². The molecule has 4 nitrogen and oxygen atoms in total. The van der Waals surface area contributed by atoms with Crippen LogP contribution >= 0.6 is 11.8 Å².